The minimum absolute atomic E-state index is 0.0139. The van der Waals surface area contributed by atoms with E-state index in [2.05, 4.69) is 10.6 Å². The van der Waals surface area contributed by atoms with Crippen LogP contribution in [0, 0.1) is 18.3 Å². The number of aromatic hydroxyl groups is 1. The number of phenolic OH excluding ortho intramolecular Hbond substituents is 1. The highest BCUT2D eigenvalue weighted by Crippen LogP contribution is 2.20. The average Bonchev–Trinajstić information content (AvgIpc) is 2.29. The molecule has 3 N–H and O–H groups in total. The van der Waals surface area contributed by atoms with E-state index in [1.807, 2.05) is 0 Å². The van der Waals surface area contributed by atoms with Gasteiger partial charge in [-0.15, -0.1) is 0 Å². The average molecular weight is 231 g/mol. The second-order valence-electron chi connectivity index (χ2n) is 3.41. The van der Waals surface area contributed by atoms with Crippen LogP contribution in [0.4, 0.5) is 5.69 Å². The number of carbonyl (C=O) groups is 1. The molecule has 17 heavy (non-hydrogen) atoms. The summed E-state index contributed by atoms with van der Waals surface area (Å²) in [4.78, 5) is 11.7. The van der Waals surface area contributed by atoms with Crippen LogP contribution >= 0.6 is 0 Å². The van der Waals surface area contributed by atoms with Crippen LogP contribution in [-0.4, -0.2) is 18.1 Å². The second kappa shape index (κ2) is 5.56. The highest BCUT2D eigenvalue weighted by Gasteiger charge is 2.10. The highest BCUT2D eigenvalue weighted by atomic mass is 16.3. The second-order valence-corrected chi connectivity index (χ2v) is 3.41. The van der Waals surface area contributed by atoms with E-state index < -0.39 is 5.91 Å². The summed E-state index contributed by atoms with van der Waals surface area (Å²) in [6, 6.07) is 6.37. The Bertz CT molecular complexity index is 501. The summed E-state index contributed by atoms with van der Waals surface area (Å²) < 4.78 is 0. The Balaban J connectivity index is 2.89. The molecule has 0 heterocycles. The van der Waals surface area contributed by atoms with E-state index in [9.17, 15) is 9.90 Å². The van der Waals surface area contributed by atoms with Gasteiger partial charge in [0.15, 0.2) is 0 Å². The third kappa shape index (κ3) is 3.24. The lowest BCUT2D eigenvalue weighted by molar-refractivity contribution is -0.112. The lowest BCUT2D eigenvalue weighted by Crippen LogP contribution is -2.16. The molecule has 0 saturated carbocycles. The highest BCUT2D eigenvalue weighted by molar-refractivity contribution is 6.06. The molecular formula is C12H13N3O2. The fourth-order valence-electron chi connectivity index (χ4n) is 1.27. The van der Waals surface area contributed by atoms with E-state index in [1.165, 1.54) is 18.3 Å². The smallest absolute Gasteiger partial charge is 0.267 e. The third-order valence-corrected chi connectivity index (χ3v) is 2.11. The van der Waals surface area contributed by atoms with E-state index in [1.54, 1.807) is 26.1 Å². The van der Waals surface area contributed by atoms with E-state index in [4.69, 9.17) is 5.26 Å². The Kier molecular flexibility index (Phi) is 4.12. The first kappa shape index (κ1) is 12.6. The summed E-state index contributed by atoms with van der Waals surface area (Å²) in [6.07, 6.45) is 1.32. The first-order valence-corrected chi connectivity index (χ1v) is 4.97. The van der Waals surface area contributed by atoms with Gasteiger partial charge in [0.1, 0.15) is 17.4 Å². The van der Waals surface area contributed by atoms with Gasteiger partial charge in [-0.3, -0.25) is 4.79 Å². The van der Waals surface area contributed by atoms with Gasteiger partial charge < -0.3 is 15.7 Å². The molecule has 0 bridgehead atoms. The topological polar surface area (TPSA) is 85.2 Å². The van der Waals surface area contributed by atoms with Crippen LogP contribution in [0.25, 0.3) is 0 Å². The minimum Gasteiger partial charge on any atom is -0.508 e. The maximum absolute atomic E-state index is 11.7. The molecule has 0 fully saturated rings. The number of benzene rings is 1. The molecular weight excluding hydrogens is 218 g/mol. The van der Waals surface area contributed by atoms with Crippen LogP contribution in [0.5, 0.6) is 5.75 Å². The number of hydrogen-bond donors (Lipinski definition) is 3. The molecule has 0 unspecified atom stereocenters. The molecule has 0 aliphatic heterocycles. The van der Waals surface area contributed by atoms with E-state index >= 15 is 0 Å². The number of hydrogen-bond acceptors (Lipinski definition) is 4. The molecule has 5 nitrogen and oxygen atoms in total. The summed E-state index contributed by atoms with van der Waals surface area (Å²) >= 11 is 0. The van der Waals surface area contributed by atoms with E-state index in [0.29, 0.717) is 5.69 Å². The molecule has 88 valence electrons. The van der Waals surface area contributed by atoms with Gasteiger partial charge in [-0.1, -0.05) is 0 Å². The fourth-order valence-corrected chi connectivity index (χ4v) is 1.27. The van der Waals surface area contributed by atoms with E-state index in [0.717, 1.165) is 5.56 Å². The number of amides is 1. The number of nitriles is 1. The maximum atomic E-state index is 11.7. The molecule has 0 aromatic heterocycles. The molecule has 0 radical (unpaired) electrons. The van der Waals surface area contributed by atoms with Gasteiger partial charge >= 0.3 is 0 Å². The number of anilines is 1. The van der Waals surface area contributed by atoms with Gasteiger partial charge in [0.25, 0.3) is 5.91 Å². The Labute approximate surface area is 99.4 Å². The van der Waals surface area contributed by atoms with Crippen molar-refractivity contribution in [1.82, 2.24) is 5.32 Å². The van der Waals surface area contributed by atoms with Crippen molar-refractivity contribution in [3.05, 3.63) is 35.5 Å². The van der Waals surface area contributed by atoms with Crippen molar-refractivity contribution in [2.24, 2.45) is 0 Å². The zero-order valence-corrected chi connectivity index (χ0v) is 9.61. The first-order chi connectivity index (χ1) is 8.08. The van der Waals surface area contributed by atoms with Crippen LogP contribution in [-0.2, 0) is 4.79 Å². The van der Waals surface area contributed by atoms with Gasteiger partial charge in [0, 0.05) is 18.9 Å². The standard InChI is InChI=1S/C12H13N3O2/c1-8-5-10(16)3-4-11(8)15-12(17)9(6-13)7-14-2/h3-5,7,14,16H,1-2H3,(H,15,17)/b9-7-. The largest absolute Gasteiger partial charge is 0.508 e. The van der Waals surface area contributed by atoms with Gasteiger partial charge in [-0.05, 0) is 30.7 Å². The molecule has 0 spiro atoms. The molecule has 1 aromatic carbocycles. The van der Waals surface area contributed by atoms with Crippen molar-refractivity contribution < 1.29 is 9.90 Å². The normalized spacial score (nSPS) is 10.5. The molecule has 5 heteroatoms. The lowest BCUT2D eigenvalue weighted by Gasteiger charge is -2.07. The molecule has 0 saturated heterocycles. The number of aryl methyl sites for hydroxylation is 1. The number of rotatable bonds is 3. The lowest BCUT2D eigenvalue weighted by atomic mass is 10.2. The quantitative estimate of drug-likeness (QED) is 0.415. The Morgan fingerprint density at radius 1 is 1.53 bits per heavy atom. The number of carbonyl (C=O) groups excluding carboxylic acids is 1. The van der Waals surface area contributed by atoms with Crippen LogP contribution in [0.3, 0.4) is 0 Å². The summed E-state index contributed by atoms with van der Waals surface area (Å²) in [7, 11) is 1.61. The van der Waals surface area contributed by atoms with Gasteiger partial charge in [-0.25, -0.2) is 0 Å². The summed E-state index contributed by atoms with van der Waals surface area (Å²) in [5.41, 5.74) is 1.27. The summed E-state index contributed by atoms with van der Waals surface area (Å²) in [6.45, 7) is 1.75. The van der Waals surface area contributed by atoms with Crippen molar-refractivity contribution in [3.8, 4) is 11.8 Å². The zero-order valence-electron chi connectivity index (χ0n) is 9.61. The Morgan fingerprint density at radius 3 is 2.76 bits per heavy atom. The predicted octanol–water partition coefficient (Wildman–Crippen LogP) is 1.27. The van der Waals surface area contributed by atoms with E-state index in [-0.39, 0.29) is 11.3 Å². The monoisotopic (exact) mass is 231 g/mol. The van der Waals surface area contributed by atoms with Crippen LogP contribution in [0.2, 0.25) is 0 Å². The maximum Gasteiger partial charge on any atom is 0.267 e. The van der Waals surface area contributed by atoms with Crippen LogP contribution in [0.15, 0.2) is 30.0 Å². The zero-order chi connectivity index (χ0) is 12.8. The van der Waals surface area contributed by atoms with Crippen molar-refractivity contribution in [1.29, 1.82) is 5.26 Å². The fraction of sp³-hybridized carbons (Fsp3) is 0.167. The Morgan fingerprint density at radius 2 is 2.24 bits per heavy atom. The predicted molar refractivity (Wildman–Crippen MR) is 64.2 cm³/mol. The summed E-state index contributed by atoms with van der Waals surface area (Å²) in [5, 5.41) is 23.2. The first-order valence-electron chi connectivity index (χ1n) is 4.97. The molecule has 0 aliphatic rings. The summed E-state index contributed by atoms with van der Waals surface area (Å²) in [5.74, 6) is -0.359. The van der Waals surface area contributed by atoms with Gasteiger partial charge in [0.2, 0.25) is 0 Å². The number of nitrogens with one attached hydrogen (secondary N) is 2. The van der Waals surface area contributed by atoms with Crippen molar-refractivity contribution in [2.75, 3.05) is 12.4 Å². The van der Waals surface area contributed by atoms with Crippen LogP contribution < -0.4 is 10.6 Å². The third-order valence-electron chi connectivity index (χ3n) is 2.11. The van der Waals surface area contributed by atoms with Crippen molar-refractivity contribution >= 4 is 11.6 Å². The minimum atomic E-state index is -0.490. The molecule has 0 atom stereocenters. The van der Waals surface area contributed by atoms with Crippen molar-refractivity contribution in [2.45, 2.75) is 6.92 Å². The Hall–Kier alpha value is -2.48. The SMILES string of the molecule is CN/C=C(/C#N)C(=O)Nc1ccc(O)cc1C. The van der Waals surface area contributed by atoms with Gasteiger partial charge in [0.05, 0.1) is 0 Å². The number of nitrogens with zero attached hydrogens (tertiary/aromatic N) is 1. The van der Waals surface area contributed by atoms with Gasteiger partial charge in [-0.2, -0.15) is 5.26 Å². The molecule has 1 amide bonds. The molecule has 1 rings (SSSR count). The van der Waals surface area contributed by atoms with Crippen LogP contribution in [0.1, 0.15) is 5.56 Å². The number of phenols is 1. The molecule has 0 aliphatic carbocycles. The molecule has 1 aromatic rings. The van der Waals surface area contributed by atoms with Crippen molar-refractivity contribution in [3.63, 3.8) is 0 Å².